The van der Waals surface area contributed by atoms with Gasteiger partial charge in [0.05, 0.1) is 11.7 Å². The number of halogens is 1. The molecule has 1 aromatic heterocycles. The topological polar surface area (TPSA) is 54.5 Å². The average Bonchev–Trinajstić information content (AvgIpc) is 2.45. The summed E-state index contributed by atoms with van der Waals surface area (Å²) in [6, 6.07) is 3.83. The lowest BCUT2D eigenvalue weighted by Crippen LogP contribution is -2.48. The lowest BCUT2D eigenvalue weighted by Gasteiger charge is -2.37. The van der Waals surface area contributed by atoms with Gasteiger partial charge in [0, 0.05) is 19.3 Å². The van der Waals surface area contributed by atoms with Crippen LogP contribution in [0.1, 0.15) is 40.0 Å². The maximum atomic E-state index is 12.3. The smallest absolute Gasteiger partial charge is 0.410 e. The Bertz CT molecular complexity index is 516. The second kappa shape index (κ2) is 7.18. The van der Waals surface area contributed by atoms with Crippen molar-refractivity contribution in [1.82, 2.24) is 9.88 Å². The molecule has 0 aliphatic carbocycles. The molecule has 2 rings (SSSR count). The molecule has 1 saturated heterocycles. The van der Waals surface area contributed by atoms with Crippen molar-refractivity contribution in [2.45, 2.75) is 51.7 Å². The van der Waals surface area contributed by atoms with Crippen LogP contribution in [-0.2, 0) is 4.74 Å². The van der Waals surface area contributed by atoms with Crippen LogP contribution >= 0.6 is 11.6 Å². The number of aromatic nitrogens is 1. The van der Waals surface area contributed by atoms with E-state index in [1.54, 1.807) is 6.20 Å². The van der Waals surface area contributed by atoms with Crippen LogP contribution in [0.25, 0.3) is 0 Å². The van der Waals surface area contributed by atoms with E-state index in [1.165, 1.54) is 0 Å². The van der Waals surface area contributed by atoms with Crippen molar-refractivity contribution in [3.63, 3.8) is 0 Å². The first kappa shape index (κ1) is 16.9. The fraction of sp³-hybridized carbons (Fsp3) is 0.625. The molecule has 122 valence electrons. The monoisotopic (exact) mass is 325 g/mol. The van der Waals surface area contributed by atoms with Crippen molar-refractivity contribution in [3.05, 3.63) is 23.5 Å². The lowest BCUT2D eigenvalue weighted by atomic mass is 10.0. The Morgan fingerprint density at radius 2 is 2.27 bits per heavy atom. The lowest BCUT2D eigenvalue weighted by molar-refractivity contribution is 0.0114. The van der Waals surface area contributed by atoms with Crippen molar-refractivity contribution in [2.24, 2.45) is 0 Å². The highest BCUT2D eigenvalue weighted by molar-refractivity contribution is 6.31. The zero-order chi connectivity index (χ0) is 16.2. The zero-order valence-corrected chi connectivity index (χ0v) is 14.2. The van der Waals surface area contributed by atoms with Crippen molar-refractivity contribution in [1.29, 1.82) is 0 Å². The van der Waals surface area contributed by atoms with Crippen molar-refractivity contribution < 1.29 is 9.53 Å². The van der Waals surface area contributed by atoms with E-state index in [0.717, 1.165) is 31.5 Å². The fourth-order valence-corrected chi connectivity index (χ4v) is 2.71. The first-order chi connectivity index (χ1) is 10.4. The molecule has 0 saturated carbocycles. The van der Waals surface area contributed by atoms with Gasteiger partial charge in [-0.1, -0.05) is 11.6 Å². The van der Waals surface area contributed by atoms with Gasteiger partial charge in [-0.05, 0) is 52.2 Å². The summed E-state index contributed by atoms with van der Waals surface area (Å²) >= 11 is 6.05. The number of anilines is 1. The number of amides is 1. The molecule has 1 amide bonds. The Morgan fingerprint density at radius 3 is 2.95 bits per heavy atom. The molecule has 5 nitrogen and oxygen atoms in total. The summed E-state index contributed by atoms with van der Waals surface area (Å²) in [4.78, 5) is 18.2. The highest BCUT2D eigenvalue weighted by Crippen LogP contribution is 2.22. The third-order valence-electron chi connectivity index (χ3n) is 3.54. The van der Waals surface area contributed by atoms with Crippen LogP contribution < -0.4 is 5.32 Å². The van der Waals surface area contributed by atoms with Gasteiger partial charge in [-0.15, -0.1) is 0 Å². The van der Waals surface area contributed by atoms with Crippen molar-refractivity contribution in [2.75, 3.05) is 18.4 Å². The first-order valence-electron chi connectivity index (χ1n) is 7.71. The van der Waals surface area contributed by atoms with Gasteiger partial charge in [0.1, 0.15) is 5.60 Å². The molecule has 22 heavy (non-hydrogen) atoms. The SMILES string of the molecule is CC(C)(C)OC(=O)N1CCCCC1CNc1cccnc1Cl. The number of carbonyl (C=O) groups is 1. The highest BCUT2D eigenvalue weighted by Gasteiger charge is 2.30. The molecule has 0 spiro atoms. The standard InChI is InChI=1S/C16H24ClN3O2/c1-16(2,3)22-15(21)20-10-5-4-7-12(20)11-19-13-8-6-9-18-14(13)17/h6,8-9,12,19H,4-5,7,10-11H2,1-3H3. The summed E-state index contributed by atoms with van der Waals surface area (Å²) in [6.07, 6.45) is 4.51. The molecule has 1 atom stereocenters. The number of carbonyl (C=O) groups excluding carboxylic acids is 1. The van der Waals surface area contributed by atoms with E-state index in [4.69, 9.17) is 16.3 Å². The van der Waals surface area contributed by atoms with Gasteiger partial charge in [-0.25, -0.2) is 9.78 Å². The number of ether oxygens (including phenoxy) is 1. The Hall–Kier alpha value is -1.49. The number of piperidine rings is 1. The van der Waals surface area contributed by atoms with Crippen LogP contribution in [-0.4, -0.2) is 40.7 Å². The van der Waals surface area contributed by atoms with Crippen LogP contribution in [0.5, 0.6) is 0 Å². The van der Waals surface area contributed by atoms with E-state index in [0.29, 0.717) is 11.7 Å². The molecule has 1 N–H and O–H groups in total. The van der Waals surface area contributed by atoms with Gasteiger partial charge in [-0.2, -0.15) is 0 Å². The average molecular weight is 326 g/mol. The number of pyridine rings is 1. The van der Waals surface area contributed by atoms with Gasteiger partial charge in [0.15, 0.2) is 5.15 Å². The van der Waals surface area contributed by atoms with E-state index < -0.39 is 5.60 Å². The Kier molecular flexibility index (Phi) is 5.51. The van der Waals surface area contributed by atoms with Gasteiger partial charge >= 0.3 is 6.09 Å². The number of hydrogen-bond acceptors (Lipinski definition) is 4. The van der Waals surface area contributed by atoms with E-state index >= 15 is 0 Å². The van der Waals surface area contributed by atoms with Crippen molar-refractivity contribution >= 4 is 23.4 Å². The largest absolute Gasteiger partial charge is 0.444 e. The van der Waals surface area contributed by atoms with Gasteiger partial charge < -0.3 is 15.0 Å². The minimum absolute atomic E-state index is 0.111. The Balaban J connectivity index is 1.98. The van der Waals surface area contributed by atoms with Crippen LogP contribution in [0, 0.1) is 0 Å². The Morgan fingerprint density at radius 1 is 1.50 bits per heavy atom. The van der Waals surface area contributed by atoms with Gasteiger partial charge in [0.25, 0.3) is 0 Å². The second-order valence-corrected chi connectivity index (χ2v) is 6.90. The molecule has 1 aromatic rings. The normalized spacial score (nSPS) is 18.9. The molecule has 0 radical (unpaired) electrons. The van der Waals surface area contributed by atoms with Crippen LogP contribution in [0.4, 0.5) is 10.5 Å². The predicted molar refractivity (Wildman–Crippen MR) is 88.3 cm³/mol. The molecular weight excluding hydrogens is 302 g/mol. The molecule has 2 heterocycles. The third-order valence-corrected chi connectivity index (χ3v) is 3.84. The summed E-state index contributed by atoms with van der Waals surface area (Å²) in [5, 5.41) is 3.73. The van der Waals surface area contributed by atoms with E-state index in [9.17, 15) is 4.79 Å². The van der Waals surface area contributed by atoms with Gasteiger partial charge in [0.2, 0.25) is 0 Å². The number of nitrogens with one attached hydrogen (secondary N) is 1. The maximum Gasteiger partial charge on any atom is 0.410 e. The summed E-state index contributed by atoms with van der Waals surface area (Å²) in [5.41, 5.74) is 0.318. The second-order valence-electron chi connectivity index (χ2n) is 6.55. The minimum atomic E-state index is -0.473. The summed E-state index contributed by atoms with van der Waals surface area (Å²) < 4.78 is 5.50. The zero-order valence-electron chi connectivity index (χ0n) is 13.4. The van der Waals surface area contributed by atoms with Crippen LogP contribution in [0.15, 0.2) is 18.3 Å². The maximum absolute atomic E-state index is 12.3. The minimum Gasteiger partial charge on any atom is -0.444 e. The summed E-state index contributed by atoms with van der Waals surface area (Å²) in [6.45, 7) is 7.04. The number of nitrogens with zero attached hydrogens (tertiary/aromatic N) is 2. The third kappa shape index (κ3) is 4.77. The quantitative estimate of drug-likeness (QED) is 0.855. The molecule has 6 heteroatoms. The molecule has 1 aliphatic heterocycles. The molecular formula is C16H24ClN3O2. The van der Waals surface area contributed by atoms with Gasteiger partial charge in [-0.3, -0.25) is 0 Å². The fourth-order valence-electron chi connectivity index (χ4n) is 2.52. The first-order valence-corrected chi connectivity index (χ1v) is 8.08. The Labute approximate surface area is 137 Å². The molecule has 0 aromatic carbocycles. The molecule has 1 unspecified atom stereocenters. The number of rotatable bonds is 3. The molecule has 1 fully saturated rings. The predicted octanol–water partition coefficient (Wildman–Crippen LogP) is 3.94. The van der Waals surface area contributed by atoms with Crippen molar-refractivity contribution in [3.8, 4) is 0 Å². The van der Waals surface area contributed by atoms with Crippen LogP contribution in [0.3, 0.4) is 0 Å². The van der Waals surface area contributed by atoms with E-state index in [1.807, 2.05) is 37.8 Å². The van der Waals surface area contributed by atoms with E-state index in [2.05, 4.69) is 10.3 Å². The summed E-state index contributed by atoms with van der Waals surface area (Å²) in [5.74, 6) is 0. The highest BCUT2D eigenvalue weighted by atomic mass is 35.5. The molecule has 0 bridgehead atoms. The molecule has 1 aliphatic rings. The van der Waals surface area contributed by atoms with E-state index in [-0.39, 0.29) is 12.1 Å². The van der Waals surface area contributed by atoms with Crippen LogP contribution in [0.2, 0.25) is 5.15 Å². The summed E-state index contributed by atoms with van der Waals surface area (Å²) in [7, 11) is 0. The number of likely N-dealkylation sites (tertiary alicyclic amines) is 1. The number of hydrogen-bond donors (Lipinski definition) is 1.